The van der Waals surface area contributed by atoms with E-state index in [1.54, 1.807) is 7.11 Å². The zero-order valence-electron chi connectivity index (χ0n) is 11.6. The molecule has 3 nitrogen and oxygen atoms in total. The highest BCUT2D eigenvalue weighted by molar-refractivity contribution is 6.31. The molecule has 0 aliphatic rings. The van der Waals surface area contributed by atoms with Crippen molar-refractivity contribution in [2.45, 2.75) is 19.6 Å². The molecule has 4 heteroatoms. The van der Waals surface area contributed by atoms with Crippen LogP contribution in [0.2, 0.25) is 5.02 Å². The second-order valence-electron chi connectivity index (χ2n) is 4.54. The molecule has 106 valence electrons. The van der Waals surface area contributed by atoms with Crippen LogP contribution in [-0.2, 0) is 6.61 Å². The zero-order valence-corrected chi connectivity index (χ0v) is 12.4. The molecule has 0 radical (unpaired) electrons. The number of hydrogen-bond donors (Lipinski definition) is 1. The molecule has 2 aromatic carbocycles. The first kappa shape index (κ1) is 14.7. The molecular weight excluding hydrogens is 274 g/mol. The van der Waals surface area contributed by atoms with Crippen LogP contribution in [0.15, 0.2) is 42.5 Å². The van der Waals surface area contributed by atoms with Gasteiger partial charge in [-0.05, 0) is 25.1 Å². The molecule has 0 saturated carbocycles. The van der Waals surface area contributed by atoms with Crippen molar-refractivity contribution in [2.75, 3.05) is 7.11 Å². The molecule has 0 aliphatic carbocycles. The maximum Gasteiger partial charge on any atom is 0.128 e. The summed E-state index contributed by atoms with van der Waals surface area (Å²) in [5.41, 5.74) is 7.80. The third-order valence-electron chi connectivity index (χ3n) is 3.04. The summed E-state index contributed by atoms with van der Waals surface area (Å²) in [4.78, 5) is 0. The van der Waals surface area contributed by atoms with Crippen LogP contribution >= 0.6 is 11.6 Å². The number of methoxy groups -OCH3 is 1. The van der Waals surface area contributed by atoms with Gasteiger partial charge in [0.2, 0.25) is 0 Å². The molecule has 0 aromatic heterocycles. The van der Waals surface area contributed by atoms with Crippen LogP contribution in [0.1, 0.15) is 24.1 Å². The molecule has 0 aliphatic heterocycles. The predicted octanol–water partition coefficient (Wildman–Crippen LogP) is 3.95. The minimum absolute atomic E-state index is 0.174. The third kappa shape index (κ3) is 3.24. The molecule has 0 saturated heterocycles. The fraction of sp³-hybridized carbons (Fsp3) is 0.250. The number of rotatable bonds is 5. The average Bonchev–Trinajstić information content (AvgIpc) is 2.45. The quantitative estimate of drug-likeness (QED) is 0.907. The van der Waals surface area contributed by atoms with Gasteiger partial charge in [0.05, 0.1) is 12.7 Å². The highest BCUT2D eigenvalue weighted by atomic mass is 35.5. The first-order chi connectivity index (χ1) is 9.63. The number of halogens is 1. The minimum atomic E-state index is -0.174. The van der Waals surface area contributed by atoms with E-state index in [-0.39, 0.29) is 6.04 Å². The van der Waals surface area contributed by atoms with E-state index in [0.29, 0.717) is 11.6 Å². The summed E-state index contributed by atoms with van der Waals surface area (Å²) < 4.78 is 11.2. The summed E-state index contributed by atoms with van der Waals surface area (Å²) in [5, 5.41) is 0.692. The SMILES string of the molecule is COc1cccc(OCc2ccccc2Cl)c1C(C)N. The van der Waals surface area contributed by atoms with Crippen LogP contribution < -0.4 is 15.2 Å². The Kier molecular flexibility index (Phi) is 4.88. The van der Waals surface area contributed by atoms with Gasteiger partial charge in [-0.1, -0.05) is 35.9 Å². The molecule has 0 bridgehead atoms. The summed E-state index contributed by atoms with van der Waals surface area (Å²) in [7, 11) is 1.62. The smallest absolute Gasteiger partial charge is 0.128 e. The van der Waals surface area contributed by atoms with Gasteiger partial charge >= 0.3 is 0 Å². The maximum absolute atomic E-state index is 6.12. The van der Waals surface area contributed by atoms with Gasteiger partial charge in [0.25, 0.3) is 0 Å². The van der Waals surface area contributed by atoms with Crippen LogP contribution in [0, 0.1) is 0 Å². The second kappa shape index (κ2) is 6.64. The summed E-state index contributed by atoms with van der Waals surface area (Å²) in [6.45, 7) is 2.30. The van der Waals surface area contributed by atoms with E-state index in [1.807, 2.05) is 49.4 Å². The first-order valence-corrected chi connectivity index (χ1v) is 6.80. The summed E-state index contributed by atoms with van der Waals surface area (Å²) in [6.07, 6.45) is 0. The lowest BCUT2D eigenvalue weighted by Gasteiger charge is -2.17. The van der Waals surface area contributed by atoms with Crippen LogP contribution in [0.3, 0.4) is 0 Å². The topological polar surface area (TPSA) is 44.5 Å². The highest BCUT2D eigenvalue weighted by Gasteiger charge is 2.14. The lowest BCUT2D eigenvalue weighted by Crippen LogP contribution is -2.10. The molecular formula is C16H18ClNO2. The number of ether oxygens (including phenoxy) is 2. The van der Waals surface area contributed by atoms with E-state index in [9.17, 15) is 0 Å². The summed E-state index contributed by atoms with van der Waals surface area (Å²) >= 11 is 6.12. The van der Waals surface area contributed by atoms with Gasteiger partial charge in [-0.25, -0.2) is 0 Å². The Morgan fingerprint density at radius 2 is 1.80 bits per heavy atom. The zero-order chi connectivity index (χ0) is 14.5. The molecule has 0 amide bonds. The van der Waals surface area contributed by atoms with E-state index in [1.165, 1.54) is 0 Å². The Balaban J connectivity index is 2.24. The first-order valence-electron chi connectivity index (χ1n) is 6.42. The molecule has 1 unspecified atom stereocenters. The van der Waals surface area contributed by atoms with Crippen molar-refractivity contribution >= 4 is 11.6 Å². The molecule has 2 rings (SSSR count). The van der Waals surface area contributed by atoms with Crippen LogP contribution in [0.4, 0.5) is 0 Å². The van der Waals surface area contributed by atoms with Crippen molar-refractivity contribution in [3.63, 3.8) is 0 Å². The number of benzene rings is 2. The van der Waals surface area contributed by atoms with Crippen molar-refractivity contribution in [1.82, 2.24) is 0 Å². The molecule has 0 spiro atoms. The Hall–Kier alpha value is -1.71. The number of nitrogens with two attached hydrogens (primary N) is 1. The lowest BCUT2D eigenvalue weighted by atomic mass is 10.1. The number of hydrogen-bond acceptors (Lipinski definition) is 3. The largest absolute Gasteiger partial charge is 0.496 e. The van der Waals surface area contributed by atoms with Gasteiger partial charge in [0.15, 0.2) is 0 Å². The third-order valence-corrected chi connectivity index (χ3v) is 3.41. The van der Waals surface area contributed by atoms with Crippen LogP contribution in [-0.4, -0.2) is 7.11 Å². The standard InChI is InChI=1S/C16H18ClNO2/c1-11(18)16-14(19-2)8-5-9-15(16)20-10-12-6-3-4-7-13(12)17/h3-9,11H,10,18H2,1-2H3. The van der Waals surface area contributed by atoms with Crippen molar-refractivity contribution < 1.29 is 9.47 Å². The Bertz CT molecular complexity index is 584. The Morgan fingerprint density at radius 1 is 1.10 bits per heavy atom. The molecule has 2 N–H and O–H groups in total. The highest BCUT2D eigenvalue weighted by Crippen LogP contribution is 2.33. The van der Waals surface area contributed by atoms with Crippen molar-refractivity contribution in [3.05, 3.63) is 58.6 Å². The van der Waals surface area contributed by atoms with Gasteiger partial charge in [0, 0.05) is 16.6 Å². The van der Waals surface area contributed by atoms with E-state index in [0.717, 1.165) is 22.6 Å². The monoisotopic (exact) mass is 291 g/mol. The Morgan fingerprint density at radius 3 is 2.45 bits per heavy atom. The fourth-order valence-electron chi connectivity index (χ4n) is 2.05. The predicted molar refractivity (Wildman–Crippen MR) is 81.4 cm³/mol. The van der Waals surface area contributed by atoms with E-state index < -0.39 is 0 Å². The van der Waals surface area contributed by atoms with Crippen molar-refractivity contribution in [2.24, 2.45) is 5.73 Å². The van der Waals surface area contributed by atoms with Gasteiger partial charge < -0.3 is 15.2 Å². The van der Waals surface area contributed by atoms with Gasteiger partial charge in [-0.2, -0.15) is 0 Å². The fourth-order valence-corrected chi connectivity index (χ4v) is 2.24. The van der Waals surface area contributed by atoms with E-state index in [2.05, 4.69) is 0 Å². The Labute approximate surface area is 124 Å². The molecule has 20 heavy (non-hydrogen) atoms. The van der Waals surface area contributed by atoms with Crippen LogP contribution in [0.5, 0.6) is 11.5 Å². The van der Waals surface area contributed by atoms with Crippen molar-refractivity contribution in [3.8, 4) is 11.5 Å². The van der Waals surface area contributed by atoms with E-state index >= 15 is 0 Å². The van der Waals surface area contributed by atoms with Gasteiger partial charge in [-0.15, -0.1) is 0 Å². The summed E-state index contributed by atoms with van der Waals surface area (Å²) in [5.74, 6) is 1.45. The van der Waals surface area contributed by atoms with Crippen LogP contribution in [0.25, 0.3) is 0 Å². The molecule has 0 fully saturated rings. The van der Waals surface area contributed by atoms with Gasteiger partial charge in [-0.3, -0.25) is 0 Å². The van der Waals surface area contributed by atoms with E-state index in [4.69, 9.17) is 26.8 Å². The lowest BCUT2D eigenvalue weighted by molar-refractivity contribution is 0.297. The molecule has 1 atom stereocenters. The minimum Gasteiger partial charge on any atom is -0.496 e. The maximum atomic E-state index is 6.12. The molecule has 2 aromatic rings. The molecule has 0 heterocycles. The van der Waals surface area contributed by atoms with Crippen molar-refractivity contribution in [1.29, 1.82) is 0 Å². The van der Waals surface area contributed by atoms with Gasteiger partial charge in [0.1, 0.15) is 18.1 Å². The summed E-state index contributed by atoms with van der Waals surface area (Å²) in [6, 6.07) is 13.1. The normalized spacial score (nSPS) is 12.0. The average molecular weight is 292 g/mol. The second-order valence-corrected chi connectivity index (χ2v) is 4.95.